The van der Waals surface area contributed by atoms with Crippen LogP contribution in [0.4, 0.5) is 0 Å². The maximum absolute atomic E-state index is 6.37. The summed E-state index contributed by atoms with van der Waals surface area (Å²) in [6.07, 6.45) is 0.965. The lowest BCUT2D eigenvalue weighted by atomic mass is 9.99. The highest BCUT2D eigenvalue weighted by atomic mass is 79.9. The Morgan fingerprint density at radius 1 is 1.25 bits per heavy atom. The fourth-order valence-electron chi connectivity index (χ4n) is 2.02. The third kappa shape index (κ3) is 3.75. The van der Waals surface area contributed by atoms with Crippen LogP contribution in [0, 0.1) is 0 Å². The molecule has 0 amide bonds. The molecule has 0 fully saturated rings. The topological polar surface area (TPSA) is 35.2 Å². The smallest absolute Gasteiger partial charge is 0.124 e. The van der Waals surface area contributed by atoms with E-state index < -0.39 is 0 Å². The van der Waals surface area contributed by atoms with Crippen molar-refractivity contribution in [2.75, 3.05) is 6.61 Å². The zero-order valence-corrected chi connectivity index (χ0v) is 13.6. The summed E-state index contributed by atoms with van der Waals surface area (Å²) >= 11 is 9.53. The van der Waals surface area contributed by atoms with Crippen LogP contribution in [0.1, 0.15) is 30.5 Å². The molecule has 1 atom stereocenters. The second kappa shape index (κ2) is 7.11. The minimum Gasteiger partial charge on any atom is -0.493 e. The molecule has 2 aromatic carbocycles. The molecule has 106 valence electrons. The average Bonchev–Trinajstić information content (AvgIpc) is 2.43. The van der Waals surface area contributed by atoms with Gasteiger partial charge in [-0.3, -0.25) is 0 Å². The van der Waals surface area contributed by atoms with Gasteiger partial charge in [0.25, 0.3) is 0 Å². The number of para-hydroxylation sites is 1. The van der Waals surface area contributed by atoms with Gasteiger partial charge in [0.2, 0.25) is 0 Å². The predicted octanol–water partition coefficient (Wildman–Crippen LogP) is 4.94. The largest absolute Gasteiger partial charge is 0.493 e. The van der Waals surface area contributed by atoms with E-state index >= 15 is 0 Å². The van der Waals surface area contributed by atoms with Gasteiger partial charge in [-0.05, 0) is 36.2 Å². The molecular formula is C16H17BrClNO. The minimum absolute atomic E-state index is 0.266. The number of ether oxygens (including phenoxy) is 1. The van der Waals surface area contributed by atoms with E-state index in [2.05, 4.69) is 22.9 Å². The van der Waals surface area contributed by atoms with Gasteiger partial charge in [0.1, 0.15) is 5.75 Å². The van der Waals surface area contributed by atoms with Gasteiger partial charge < -0.3 is 10.5 Å². The maximum atomic E-state index is 6.37. The Morgan fingerprint density at radius 2 is 2.00 bits per heavy atom. The molecule has 2 rings (SSSR count). The Kier molecular flexibility index (Phi) is 5.46. The van der Waals surface area contributed by atoms with Crippen molar-refractivity contribution < 1.29 is 4.74 Å². The van der Waals surface area contributed by atoms with Crippen LogP contribution in [0.5, 0.6) is 5.75 Å². The molecule has 2 nitrogen and oxygen atoms in total. The Labute approximate surface area is 133 Å². The first-order valence-electron chi connectivity index (χ1n) is 6.55. The highest BCUT2D eigenvalue weighted by Gasteiger charge is 2.15. The normalized spacial score (nSPS) is 12.2. The molecule has 0 aliphatic carbocycles. The number of hydrogen-bond acceptors (Lipinski definition) is 2. The highest BCUT2D eigenvalue weighted by Crippen LogP contribution is 2.31. The molecule has 0 bridgehead atoms. The van der Waals surface area contributed by atoms with E-state index in [0.29, 0.717) is 11.6 Å². The summed E-state index contributed by atoms with van der Waals surface area (Å²) in [5, 5.41) is 0.664. The summed E-state index contributed by atoms with van der Waals surface area (Å²) in [5.74, 6) is 0.831. The molecule has 0 saturated heterocycles. The van der Waals surface area contributed by atoms with Gasteiger partial charge in [0.15, 0.2) is 0 Å². The summed E-state index contributed by atoms with van der Waals surface area (Å²) in [6, 6.07) is 13.3. The van der Waals surface area contributed by atoms with Crippen molar-refractivity contribution in [3.8, 4) is 5.75 Å². The summed E-state index contributed by atoms with van der Waals surface area (Å²) in [4.78, 5) is 0. The standard InChI is InChI=1S/C16H17BrClNO/c1-2-7-20-15-6-4-3-5-14(15)16(19)11-8-12(17)10-13(18)9-11/h3-6,8-10,16H,2,7,19H2,1H3. The lowest BCUT2D eigenvalue weighted by Crippen LogP contribution is -2.13. The van der Waals surface area contributed by atoms with Gasteiger partial charge in [-0.1, -0.05) is 52.7 Å². The van der Waals surface area contributed by atoms with Gasteiger partial charge in [-0.15, -0.1) is 0 Å². The van der Waals surface area contributed by atoms with E-state index in [1.165, 1.54) is 0 Å². The fourth-order valence-corrected chi connectivity index (χ4v) is 2.90. The van der Waals surface area contributed by atoms with Crippen LogP contribution in [0.3, 0.4) is 0 Å². The van der Waals surface area contributed by atoms with E-state index in [-0.39, 0.29) is 6.04 Å². The van der Waals surface area contributed by atoms with Gasteiger partial charge in [-0.25, -0.2) is 0 Å². The Balaban J connectivity index is 2.34. The molecule has 0 heterocycles. The Bertz CT molecular complexity index is 568. The summed E-state index contributed by atoms with van der Waals surface area (Å²) in [6.45, 7) is 2.76. The second-order valence-corrected chi connectivity index (χ2v) is 5.92. The molecule has 0 aliphatic heterocycles. The summed E-state index contributed by atoms with van der Waals surface area (Å²) < 4.78 is 6.68. The number of rotatable bonds is 5. The zero-order chi connectivity index (χ0) is 14.5. The minimum atomic E-state index is -0.266. The van der Waals surface area contributed by atoms with E-state index in [4.69, 9.17) is 22.1 Å². The van der Waals surface area contributed by atoms with E-state index in [1.807, 2.05) is 42.5 Å². The van der Waals surface area contributed by atoms with Crippen molar-refractivity contribution in [2.45, 2.75) is 19.4 Å². The summed E-state index contributed by atoms with van der Waals surface area (Å²) in [7, 11) is 0. The molecule has 4 heteroatoms. The third-order valence-corrected chi connectivity index (χ3v) is 3.64. The first-order valence-corrected chi connectivity index (χ1v) is 7.72. The summed E-state index contributed by atoms with van der Waals surface area (Å²) in [5.41, 5.74) is 8.29. The van der Waals surface area contributed by atoms with Gasteiger partial charge >= 0.3 is 0 Å². The van der Waals surface area contributed by atoms with Crippen LogP contribution in [-0.4, -0.2) is 6.61 Å². The molecular weight excluding hydrogens is 338 g/mol. The van der Waals surface area contributed by atoms with E-state index in [0.717, 1.165) is 27.8 Å². The third-order valence-electron chi connectivity index (χ3n) is 2.96. The average molecular weight is 355 g/mol. The molecule has 1 unspecified atom stereocenters. The first-order chi connectivity index (χ1) is 9.61. The molecule has 2 N–H and O–H groups in total. The van der Waals surface area contributed by atoms with Gasteiger partial charge in [-0.2, -0.15) is 0 Å². The van der Waals surface area contributed by atoms with Crippen molar-refractivity contribution in [3.05, 3.63) is 63.1 Å². The Hall–Kier alpha value is -1.03. The zero-order valence-electron chi connectivity index (χ0n) is 11.3. The number of halogens is 2. The molecule has 0 saturated carbocycles. The van der Waals surface area contributed by atoms with Crippen molar-refractivity contribution in [2.24, 2.45) is 5.73 Å². The van der Waals surface area contributed by atoms with E-state index in [1.54, 1.807) is 0 Å². The fraction of sp³-hybridized carbons (Fsp3) is 0.250. The van der Waals surface area contributed by atoms with Gasteiger partial charge in [0.05, 0.1) is 12.6 Å². The van der Waals surface area contributed by atoms with Crippen LogP contribution < -0.4 is 10.5 Å². The lowest BCUT2D eigenvalue weighted by Gasteiger charge is -2.17. The molecule has 20 heavy (non-hydrogen) atoms. The van der Waals surface area contributed by atoms with Crippen LogP contribution in [0.15, 0.2) is 46.9 Å². The number of nitrogens with two attached hydrogens (primary N) is 1. The predicted molar refractivity (Wildman–Crippen MR) is 87.4 cm³/mol. The second-order valence-electron chi connectivity index (χ2n) is 4.57. The lowest BCUT2D eigenvalue weighted by molar-refractivity contribution is 0.313. The Morgan fingerprint density at radius 3 is 2.70 bits per heavy atom. The van der Waals surface area contributed by atoms with Crippen molar-refractivity contribution in [1.82, 2.24) is 0 Å². The van der Waals surface area contributed by atoms with Crippen LogP contribution in [-0.2, 0) is 0 Å². The van der Waals surface area contributed by atoms with Gasteiger partial charge in [0, 0.05) is 15.1 Å². The quantitative estimate of drug-likeness (QED) is 0.825. The first kappa shape index (κ1) is 15.4. The number of hydrogen-bond donors (Lipinski definition) is 1. The monoisotopic (exact) mass is 353 g/mol. The molecule has 2 aromatic rings. The molecule has 0 spiro atoms. The maximum Gasteiger partial charge on any atom is 0.124 e. The van der Waals surface area contributed by atoms with E-state index in [9.17, 15) is 0 Å². The highest BCUT2D eigenvalue weighted by molar-refractivity contribution is 9.10. The van der Waals surface area contributed by atoms with Crippen molar-refractivity contribution in [3.63, 3.8) is 0 Å². The van der Waals surface area contributed by atoms with Crippen LogP contribution >= 0.6 is 27.5 Å². The van der Waals surface area contributed by atoms with Crippen molar-refractivity contribution in [1.29, 1.82) is 0 Å². The van der Waals surface area contributed by atoms with Crippen LogP contribution in [0.25, 0.3) is 0 Å². The SMILES string of the molecule is CCCOc1ccccc1C(N)c1cc(Cl)cc(Br)c1. The van der Waals surface area contributed by atoms with Crippen molar-refractivity contribution >= 4 is 27.5 Å². The molecule has 0 radical (unpaired) electrons. The van der Waals surface area contributed by atoms with Crippen LogP contribution in [0.2, 0.25) is 5.02 Å². The molecule has 0 aliphatic rings. The number of benzene rings is 2. The molecule has 0 aromatic heterocycles.